The molecule has 1 aromatic heterocycles. The van der Waals surface area contributed by atoms with Crippen LogP contribution in [0.4, 0.5) is 4.39 Å². The van der Waals surface area contributed by atoms with Crippen LogP contribution in [0.3, 0.4) is 0 Å². The summed E-state index contributed by atoms with van der Waals surface area (Å²) in [5.41, 5.74) is 2.53. The van der Waals surface area contributed by atoms with Crippen molar-refractivity contribution in [1.29, 1.82) is 0 Å². The summed E-state index contributed by atoms with van der Waals surface area (Å²) < 4.78 is 27.3. The van der Waals surface area contributed by atoms with Gasteiger partial charge in [0, 0.05) is 48.7 Å². The Hall–Kier alpha value is -2.90. The second-order valence-electron chi connectivity index (χ2n) is 7.12. The minimum absolute atomic E-state index is 0.113. The third kappa shape index (κ3) is 4.63. The van der Waals surface area contributed by atoms with Crippen LogP contribution in [0.1, 0.15) is 30.2 Å². The van der Waals surface area contributed by atoms with Crippen molar-refractivity contribution in [3.8, 4) is 5.75 Å². The highest BCUT2D eigenvalue weighted by atomic mass is 19.2. The van der Waals surface area contributed by atoms with Gasteiger partial charge in [0.2, 0.25) is 0 Å². The number of fused-ring (bicyclic) bond motifs is 1. The monoisotopic (exact) mass is 414 g/mol. The van der Waals surface area contributed by atoms with Gasteiger partial charge in [-0.25, -0.2) is 4.39 Å². The predicted octanol–water partition coefficient (Wildman–Crippen LogP) is 3.54. The zero-order valence-corrected chi connectivity index (χ0v) is 17.4. The quantitative estimate of drug-likeness (QED) is 0.524. The molecule has 0 fully saturated rings. The Bertz CT molecular complexity index is 1010. The minimum atomic E-state index is -2.80. The number of nitrogens with zero attached hydrogens (tertiary/aromatic N) is 1. The predicted molar refractivity (Wildman–Crippen MR) is 113 cm³/mol. The molecule has 0 saturated carbocycles. The lowest BCUT2D eigenvalue weighted by atomic mass is 10.0. The number of aromatic nitrogens is 1. The number of rotatable bonds is 9. The molecule has 0 saturated heterocycles. The molecule has 30 heavy (non-hydrogen) atoms. The number of halogens is 1. The lowest BCUT2D eigenvalue weighted by molar-refractivity contribution is -0.171. The van der Waals surface area contributed by atoms with Gasteiger partial charge in [-0.05, 0) is 23.8 Å². The highest BCUT2D eigenvalue weighted by Crippen LogP contribution is 2.35. The van der Waals surface area contributed by atoms with E-state index in [0.29, 0.717) is 24.2 Å². The van der Waals surface area contributed by atoms with E-state index in [2.05, 4.69) is 5.32 Å². The smallest absolute Gasteiger partial charge is 0.305 e. The molecule has 0 aliphatic heterocycles. The van der Waals surface area contributed by atoms with Gasteiger partial charge in [-0.15, -0.1) is 0 Å². The Morgan fingerprint density at radius 1 is 1.17 bits per heavy atom. The summed E-state index contributed by atoms with van der Waals surface area (Å²) >= 11 is 0. The van der Waals surface area contributed by atoms with Crippen LogP contribution in [-0.2, 0) is 35.5 Å². The molecule has 7 heteroatoms. The van der Waals surface area contributed by atoms with Crippen molar-refractivity contribution >= 4 is 16.9 Å². The number of alkyl halides is 1. The van der Waals surface area contributed by atoms with Gasteiger partial charge >= 0.3 is 5.97 Å². The Kier molecular flexibility index (Phi) is 6.74. The molecule has 2 aromatic carbocycles. The van der Waals surface area contributed by atoms with Crippen molar-refractivity contribution in [1.82, 2.24) is 9.88 Å². The Labute approximate surface area is 175 Å². The van der Waals surface area contributed by atoms with E-state index in [1.54, 1.807) is 26.2 Å². The number of para-hydroxylation sites is 1. The number of hydrogen-bond donors (Lipinski definition) is 2. The molecule has 3 aromatic rings. The molecule has 1 heterocycles. The van der Waals surface area contributed by atoms with E-state index in [9.17, 15) is 9.90 Å². The van der Waals surface area contributed by atoms with Crippen LogP contribution in [-0.4, -0.2) is 29.4 Å². The molecule has 1 unspecified atom stereocenters. The second-order valence-corrected chi connectivity index (χ2v) is 7.12. The molecular formula is C23H27FN2O4. The van der Waals surface area contributed by atoms with Crippen molar-refractivity contribution in [2.24, 2.45) is 7.05 Å². The fraction of sp³-hybridized carbons (Fsp3) is 0.348. The molecule has 2 N–H and O–H groups in total. The van der Waals surface area contributed by atoms with Crippen molar-refractivity contribution in [3.05, 3.63) is 65.4 Å². The van der Waals surface area contributed by atoms with Gasteiger partial charge in [-0.3, -0.25) is 4.79 Å². The number of methoxy groups -OCH3 is 1. The summed E-state index contributed by atoms with van der Waals surface area (Å²) in [5.74, 6) is -2.59. The normalized spacial score (nSPS) is 13.2. The molecular weight excluding hydrogens is 387 g/mol. The van der Waals surface area contributed by atoms with Gasteiger partial charge < -0.3 is 24.5 Å². The van der Waals surface area contributed by atoms with Gasteiger partial charge in [-0.2, -0.15) is 0 Å². The molecule has 1 atom stereocenters. The Balaban J connectivity index is 1.86. The number of esters is 1. The summed E-state index contributed by atoms with van der Waals surface area (Å²) in [6, 6.07) is 14.9. The first-order valence-electron chi connectivity index (χ1n) is 9.84. The number of carbonyl (C=O) groups excluding carboxylic acids is 1. The topological polar surface area (TPSA) is 72.7 Å². The molecule has 0 aliphatic carbocycles. The molecule has 0 spiro atoms. The van der Waals surface area contributed by atoms with Crippen LogP contribution >= 0.6 is 0 Å². The average Bonchev–Trinajstić information content (AvgIpc) is 3.05. The van der Waals surface area contributed by atoms with Crippen LogP contribution in [0, 0.1) is 0 Å². The second kappa shape index (κ2) is 9.28. The first-order chi connectivity index (χ1) is 14.4. The standard InChI is InChI=1S/C23H27FN2O4/c1-4-21(27)30-15-23(24,28)22-18-7-5-6-8-19(18)26(2)20(22)14-25-13-16-9-11-17(29-3)12-10-16/h5-12,25,28H,4,13-15H2,1-3H3. The SMILES string of the molecule is CCC(=O)OCC(O)(F)c1c(CNCc2ccc(OC)cc2)n(C)c2ccccc12. The molecule has 0 radical (unpaired) electrons. The van der Waals surface area contributed by atoms with Gasteiger partial charge in [-0.1, -0.05) is 37.3 Å². The van der Waals surface area contributed by atoms with Crippen molar-refractivity contribution < 1.29 is 23.8 Å². The van der Waals surface area contributed by atoms with Crippen molar-refractivity contribution in [3.63, 3.8) is 0 Å². The fourth-order valence-electron chi connectivity index (χ4n) is 3.50. The third-order valence-corrected chi connectivity index (χ3v) is 5.10. The van der Waals surface area contributed by atoms with Gasteiger partial charge in [0.15, 0.2) is 6.61 Å². The maximum atomic E-state index is 15.4. The fourth-order valence-corrected chi connectivity index (χ4v) is 3.50. The third-order valence-electron chi connectivity index (χ3n) is 5.10. The maximum Gasteiger partial charge on any atom is 0.305 e. The first-order valence-corrected chi connectivity index (χ1v) is 9.84. The van der Waals surface area contributed by atoms with Crippen LogP contribution in [0.2, 0.25) is 0 Å². The summed E-state index contributed by atoms with van der Waals surface area (Å²) in [6.45, 7) is 1.74. The van der Waals surface area contributed by atoms with Crippen LogP contribution in [0.15, 0.2) is 48.5 Å². The van der Waals surface area contributed by atoms with Gasteiger partial charge in [0.05, 0.1) is 7.11 Å². The van der Waals surface area contributed by atoms with Crippen molar-refractivity contribution in [2.45, 2.75) is 32.3 Å². The maximum absolute atomic E-state index is 15.4. The Morgan fingerprint density at radius 2 is 1.87 bits per heavy atom. The first kappa shape index (κ1) is 21.8. The highest BCUT2D eigenvalue weighted by Gasteiger charge is 2.37. The number of aryl methyl sites for hydroxylation is 1. The average molecular weight is 414 g/mol. The number of carbonyl (C=O) groups is 1. The van der Waals surface area contributed by atoms with E-state index in [0.717, 1.165) is 16.8 Å². The minimum Gasteiger partial charge on any atom is -0.497 e. The van der Waals surface area contributed by atoms with E-state index in [1.807, 2.05) is 48.0 Å². The largest absolute Gasteiger partial charge is 0.497 e. The number of benzene rings is 2. The zero-order chi connectivity index (χ0) is 21.7. The van der Waals surface area contributed by atoms with E-state index in [1.165, 1.54) is 0 Å². The van der Waals surface area contributed by atoms with Crippen LogP contribution in [0.25, 0.3) is 10.9 Å². The summed E-state index contributed by atoms with van der Waals surface area (Å²) in [6.07, 6.45) is 0.113. The number of ether oxygens (including phenoxy) is 2. The lowest BCUT2D eigenvalue weighted by Crippen LogP contribution is -2.30. The molecule has 0 amide bonds. The zero-order valence-electron chi connectivity index (χ0n) is 17.4. The van der Waals surface area contributed by atoms with Crippen LogP contribution < -0.4 is 10.1 Å². The lowest BCUT2D eigenvalue weighted by Gasteiger charge is -2.21. The molecule has 0 bridgehead atoms. The van der Waals surface area contributed by atoms with E-state index in [4.69, 9.17) is 9.47 Å². The van der Waals surface area contributed by atoms with Gasteiger partial charge in [0.25, 0.3) is 5.85 Å². The van der Waals surface area contributed by atoms with Crippen molar-refractivity contribution in [2.75, 3.05) is 13.7 Å². The summed E-state index contributed by atoms with van der Waals surface area (Å²) in [4.78, 5) is 11.5. The number of aliphatic hydroxyl groups is 1. The molecule has 0 aliphatic rings. The Morgan fingerprint density at radius 3 is 2.53 bits per heavy atom. The number of hydrogen-bond acceptors (Lipinski definition) is 5. The summed E-state index contributed by atoms with van der Waals surface area (Å²) in [7, 11) is 3.44. The van der Waals surface area contributed by atoms with E-state index in [-0.39, 0.29) is 12.0 Å². The van der Waals surface area contributed by atoms with E-state index >= 15 is 4.39 Å². The highest BCUT2D eigenvalue weighted by molar-refractivity contribution is 5.86. The van der Waals surface area contributed by atoms with Gasteiger partial charge in [0.1, 0.15) is 5.75 Å². The molecule has 3 rings (SSSR count). The summed E-state index contributed by atoms with van der Waals surface area (Å²) in [5, 5.41) is 14.5. The van der Waals surface area contributed by atoms with Crippen LogP contribution in [0.5, 0.6) is 5.75 Å². The molecule has 160 valence electrons. The van der Waals surface area contributed by atoms with E-state index < -0.39 is 18.4 Å². The number of nitrogens with one attached hydrogen (secondary N) is 1. The molecule has 6 nitrogen and oxygen atoms in total.